The van der Waals surface area contributed by atoms with E-state index in [1.165, 1.54) is 92.1 Å². The van der Waals surface area contributed by atoms with Crippen molar-refractivity contribution in [3.05, 3.63) is 266 Å². The normalized spacial score (nSPS) is 12.8. The molecule has 2 aliphatic heterocycles. The van der Waals surface area contributed by atoms with Crippen LogP contribution in [-0.4, -0.2) is 203 Å². The first kappa shape index (κ1) is 117. The van der Waals surface area contributed by atoms with Gasteiger partial charge in [0.15, 0.2) is 61.7 Å². The third-order valence-corrected chi connectivity index (χ3v) is 21.3. The van der Waals surface area contributed by atoms with Crippen molar-refractivity contribution >= 4 is 253 Å². The third-order valence-electron chi connectivity index (χ3n) is 20.8. The number of fused-ring (bicyclic) bond motifs is 4. The number of aliphatic hydroxyl groups excluding tert-OH is 2. The average Bonchev–Trinajstić information content (AvgIpc) is 1.65. The van der Waals surface area contributed by atoms with E-state index in [9.17, 15) is 63.0 Å². The Morgan fingerprint density at radius 1 is 0.476 bits per heavy atom. The summed E-state index contributed by atoms with van der Waals surface area (Å²) in [7, 11) is 24.2. The van der Waals surface area contributed by atoms with Crippen molar-refractivity contribution in [2.45, 2.75) is 143 Å². The first-order chi connectivity index (χ1) is 69.4. The number of hydrogen-bond acceptors (Lipinski definition) is 32. The Morgan fingerprint density at radius 2 is 0.814 bits per heavy atom. The van der Waals surface area contributed by atoms with Gasteiger partial charge in [0.25, 0.3) is 34.1 Å². The van der Waals surface area contributed by atoms with Crippen LogP contribution in [0.3, 0.4) is 0 Å². The number of carbonyl (C=O) groups is 3. The van der Waals surface area contributed by atoms with E-state index in [1.807, 2.05) is 70.4 Å². The van der Waals surface area contributed by atoms with Crippen LogP contribution in [0.2, 0.25) is 5.15 Å². The third kappa shape index (κ3) is 36.2. The molecule has 14 N–H and O–H groups in total. The molecule has 0 bridgehead atoms. The molecule has 15 aromatic rings. The summed E-state index contributed by atoms with van der Waals surface area (Å²) < 4.78 is 51.2. The van der Waals surface area contributed by atoms with Crippen LogP contribution in [0.25, 0.3) is 44.7 Å². The standard InChI is InChI=1S/C28H32N8O4.C21H18FN7O3.C14H15FN6.C8H8ClFN4.C7H4ClNO3.C7H15NO.C6H8N2.CH4NP.4ClH.2Sn/c1-18(2)35-17-29-24-25(32-28(33-26(24)35)34-14-4-3-8-22(34)13-15-37)30-20-6-5-7-21(16-20)31-27(38)19-9-11-23(12-10-19)36(39)40;1-12(2)28-11-23-17-18(26-21(22)27-19(17)28)24-14-4-3-5-15(10-14)25-20(30)13-6-8-16(9-7-13)29(31)32;1-8(2)21-7-17-11-12(19-14(15)20-13(11)21)18-10-5-3-4-9(16)6-10;1-4(2)14-3-11-5-6(9)12-8(10)13-7(5)14;8-7(10)5-1-3-6(4-2-5)9(11)12;9-6-4-7-3-1-2-5-8-7;7-5-2-1-3-6(8)4-5;1-2-3;;;;;;/h5-7,9-12,16-18,22,37H,3-4,8,13-15H2,1-2H3,(H,31,38)(H,30,32,33);3-12H,1-2H3,(H,25,30)(H,24,26,27);3-8H,16H2,1-2H3,(H,18,19,20);3-4H,1-2H3;1-4H;7-9H,1-6H2;1-4H,7-8H2;3H,1H3;4*1H;;/q;;;;;;;;;;;;2*+2/p-4. The van der Waals surface area contributed by atoms with Gasteiger partial charge in [-0.1, -0.05) is 42.3 Å². The number of benzene rings is 7. The molecule has 4 radical (unpaired) electrons. The van der Waals surface area contributed by atoms with Gasteiger partial charge in [-0.2, -0.15) is 53.0 Å². The van der Waals surface area contributed by atoms with E-state index in [2.05, 4.69) is 114 Å². The molecule has 0 saturated carbocycles. The Hall–Kier alpha value is -12.7. The number of carbonyl (C=O) groups excluding carboxylic acids is 3. The molecule has 8 aromatic heterocycles. The number of nitrogens with two attached hydrogens (primary N) is 3. The number of nitrogens with zero attached hydrogens (tertiary/aromatic N) is 21. The maximum atomic E-state index is 14.0. The van der Waals surface area contributed by atoms with Crippen LogP contribution in [0.5, 0.6) is 0 Å². The number of nitro groups is 3. The zero-order valence-electron chi connectivity index (χ0n) is 79.5. The van der Waals surface area contributed by atoms with E-state index < -0.39 is 81.9 Å². The van der Waals surface area contributed by atoms with Gasteiger partial charge in [-0.25, -0.2) is 19.9 Å². The van der Waals surface area contributed by atoms with E-state index in [0.717, 1.165) is 44.4 Å². The summed E-state index contributed by atoms with van der Waals surface area (Å²) in [6.45, 7) is 18.3. The fourth-order valence-electron chi connectivity index (χ4n) is 14.0. The summed E-state index contributed by atoms with van der Waals surface area (Å²) in [4.78, 5) is 118. The van der Waals surface area contributed by atoms with Gasteiger partial charge in [0.1, 0.15) is 5.52 Å². The van der Waals surface area contributed by atoms with Crippen LogP contribution >= 0.6 is 67.9 Å². The number of nitrogens with one attached hydrogen (secondary N) is 6. The van der Waals surface area contributed by atoms with Gasteiger partial charge in [-0.15, -0.1) is 0 Å². The Labute approximate surface area is 877 Å². The van der Waals surface area contributed by atoms with E-state index >= 15 is 0 Å². The second-order valence-corrected chi connectivity index (χ2v) is 41.9. The first-order valence-electron chi connectivity index (χ1n) is 44.4. The van der Waals surface area contributed by atoms with Gasteiger partial charge >= 0.3 is 91.7 Å². The fraction of sp³-hybridized carbons (Fsp3) is 0.293. The van der Waals surface area contributed by atoms with Crippen molar-refractivity contribution < 1.29 is 52.5 Å². The van der Waals surface area contributed by atoms with Crippen LogP contribution < -0.4 is 54.0 Å². The Kier molecular flexibility index (Phi) is 48.3. The number of anilines is 12. The summed E-state index contributed by atoms with van der Waals surface area (Å²) in [5.41, 5.74) is 26.1. The van der Waals surface area contributed by atoms with Gasteiger partial charge in [-0.3, -0.25) is 49.5 Å². The molecule has 53 heteroatoms. The molecule has 2 fully saturated rings. The molecule has 0 aliphatic carbocycles. The molecule has 41 nitrogen and oxygen atoms in total. The molecule has 2 atom stereocenters. The van der Waals surface area contributed by atoms with Gasteiger partial charge in [0.05, 0.1) is 40.1 Å². The zero-order valence-corrected chi connectivity index (χ0v) is 90.8. The monoisotopic (exact) mass is 2340 g/mol. The van der Waals surface area contributed by atoms with Crippen LogP contribution in [0.15, 0.2) is 200 Å². The first-order valence-corrected chi connectivity index (χ1v) is 60.1. The molecule has 2 unspecified atom stereocenters. The van der Waals surface area contributed by atoms with Gasteiger partial charge in [0.2, 0.25) is 5.95 Å². The minimum absolute atomic E-state index is 0.0418. The second-order valence-electron chi connectivity index (χ2n) is 32.3. The number of rotatable bonds is 23. The predicted molar refractivity (Wildman–Crippen MR) is 568 cm³/mol. The summed E-state index contributed by atoms with van der Waals surface area (Å²) in [5, 5.41) is 67.8. The minimum atomic E-state index is -0.884. The van der Waals surface area contributed by atoms with E-state index in [0.29, 0.717) is 127 Å². The molecule has 2 amide bonds. The van der Waals surface area contributed by atoms with Crippen molar-refractivity contribution in [3.8, 4) is 0 Å². The van der Waals surface area contributed by atoms with Gasteiger partial charge in [-0.05, 0) is 237 Å². The molecule has 2 saturated heterocycles. The predicted octanol–water partition coefficient (Wildman–Crippen LogP) is 20.8. The fourth-order valence-corrected chi connectivity index (χ4v) is 14.3. The number of halogens is 9. The summed E-state index contributed by atoms with van der Waals surface area (Å²) in [6.07, 6.45) is 12.6. The van der Waals surface area contributed by atoms with E-state index in [1.54, 1.807) is 119 Å². The molecule has 764 valence electrons. The number of aliphatic hydroxyl groups is 2. The van der Waals surface area contributed by atoms with Crippen molar-refractivity contribution in [1.29, 1.82) is 0 Å². The Bertz CT molecular complexity index is 6760. The quantitative estimate of drug-likeness (QED) is 0.00414. The molecule has 10 heterocycles. The van der Waals surface area contributed by atoms with Crippen molar-refractivity contribution in [2.24, 2.45) is 4.74 Å². The molecular formula is C92H104Cl6F3N30O11PSn2. The summed E-state index contributed by atoms with van der Waals surface area (Å²) in [6, 6.07) is 45.3. The second kappa shape index (κ2) is 59.6. The Balaban J connectivity index is 0.000000217. The summed E-state index contributed by atoms with van der Waals surface area (Å²) >= 11 is 9.19. The van der Waals surface area contributed by atoms with E-state index in [4.69, 9.17) is 91.2 Å². The van der Waals surface area contributed by atoms with Crippen LogP contribution in [0.4, 0.5) is 99.1 Å². The zero-order chi connectivity index (χ0) is 106. The van der Waals surface area contributed by atoms with Crippen molar-refractivity contribution in [3.63, 3.8) is 0 Å². The van der Waals surface area contributed by atoms with Crippen LogP contribution in [0, 0.1) is 48.6 Å². The van der Waals surface area contributed by atoms with E-state index in [-0.39, 0.29) is 81.9 Å². The van der Waals surface area contributed by atoms with Gasteiger partial charge < -0.3 is 82.5 Å². The topological polar surface area (TPSA) is 561 Å². The number of nitro benzene ring substituents is 3. The van der Waals surface area contributed by atoms with Crippen LogP contribution in [-0.2, 0) is 0 Å². The molecule has 145 heavy (non-hydrogen) atoms. The number of piperidine rings is 2. The van der Waals surface area contributed by atoms with Crippen LogP contribution in [0.1, 0.15) is 162 Å². The number of imidazole rings is 4. The molecule has 2 aliphatic rings. The molecule has 17 rings (SSSR count). The number of aromatic nitrogens is 16. The molecule has 7 aromatic carbocycles. The molecule has 0 spiro atoms. The van der Waals surface area contributed by atoms with Crippen molar-refractivity contribution in [2.75, 3.05) is 82.0 Å². The average molecular weight is 2340 g/mol. The number of hydrogen-bond donors (Lipinski definition) is 11. The number of nitrogen functional groups attached to an aromatic ring is 3. The van der Waals surface area contributed by atoms with Crippen molar-refractivity contribution in [1.82, 2.24) is 83.4 Å². The molecular weight excluding hydrogens is 2240 g/mol. The number of non-ortho nitro benzene ring substituents is 3. The van der Waals surface area contributed by atoms with Gasteiger partial charge in [0, 0.05) is 162 Å². The SMILES string of the molecule is CC(C)n1cnc2c(Cl)nc(F)nc21.CC(C)n1cnc2c(Nc3cccc(N)c3)nc(F)nc21.CC(C)n1cnc2c(Nc3cccc(NC(=O)c4ccc([N+](=O)[O-])cc4)c3)nc(F)nc21.CC(C)n1cnc2c(Nc3cccc(NC(=O)c4ccc([N+](=O)[O-])cc4)c3)nc(N3CCCCC3CCO)nc21.CN=P.Nc1cccc(N)c1.O=C(Cl)c1ccc([N+](=O)[O-])cc1.OCCC1CCCCN1.[Cl][Sn][Cl].[Cl][Sn][Cl]. The number of amides is 2. The summed E-state index contributed by atoms with van der Waals surface area (Å²) in [5.74, 6) is 0.857. The Morgan fingerprint density at radius 3 is 1.17 bits per heavy atom. The maximum absolute atomic E-state index is 14.0.